The van der Waals surface area contributed by atoms with E-state index in [4.69, 9.17) is 16.3 Å². The fraction of sp³-hybridized carbons (Fsp3) is 0.333. The lowest BCUT2D eigenvalue weighted by molar-refractivity contribution is -0.137. The summed E-state index contributed by atoms with van der Waals surface area (Å²) >= 11 is 5.85. The van der Waals surface area contributed by atoms with Gasteiger partial charge in [0.1, 0.15) is 5.75 Å². The zero-order chi connectivity index (χ0) is 21.2. The molecule has 1 heterocycles. The van der Waals surface area contributed by atoms with E-state index in [0.29, 0.717) is 23.6 Å². The Hall–Kier alpha value is -2.38. The van der Waals surface area contributed by atoms with Crippen LogP contribution in [0, 0.1) is 5.92 Å². The zero-order valence-corrected chi connectivity index (χ0v) is 16.3. The Morgan fingerprint density at radius 2 is 1.79 bits per heavy atom. The number of hydrogen-bond acceptors (Lipinski definition) is 4. The first-order valence-electron chi connectivity index (χ1n) is 9.03. The summed E-state index contributed by atoms with van der Waals surface area (Å²) < 4.78 is 43.8. The quantitative estimate of drug-likeness (QED) is 0.699. The summed E-state index contributed by atoms with van der Waals surface area (Å²) in [5.41, 5.74) is -0.324. The molecule has 1 aliphatic heterocycles. The van der Waals surface area contributed by atoms with E-state index >= 15 is 0 Å². The molecule has 0 radical (unpaired) electrons. The fourth-order valence-corrected chi connectivity index (χ4v) is 3.59. The van der Waals surface area contributed by atoms with Crippen LogP contribution in [-0.4, -0.2) is 31.3 Å². The number of nitrogens with one attached hydrogen (secondary N) is 1. The number of rotatable bonds is 5. The van der Waals surface area contributed by atoms with Gasteiger partial charge in [0.25, 0.3) is 0 Å². The molecule has 1 saturated heterocycles. The van der Waals surface area contributed by atoms with Crippen molar-refractivity contribution >= 4 is 23.2 Å². The molecule has 2 aromatic carbocycles. The predicted octanol–water partition coefficient (Wildman–Crippen LogP) is 4.80. The molecule has 2 aromatic rings. The number of ether oxygens (including phenoxy) is 1. The molecule has 0 spiro atoms. The number of halogens is 4. The van der Waals surface area contributed by atoms with Gasteiger partial charge in [-0.2, -0.15) is 13.2 Å². The standard InChI is InChI=1S/C21H19ClF3NO3/c1-29-18-11-14(21(23,24)25)4-7-16(18)20(28)17-10-13(8-9-26-17)19(27)12-2-5-15(22)6-3-12/h2-7,11,13,17,26H,8-10H2,1H3. The van der Waals surface area contributed by atoms with E-state index in [1.54, 1.807) is 24.3 Å². The topological polar surface area (TPSA) is 55.4 Å². The van der Waals surface area contributed by atoms with Gasteiger partial charge in [-0.3, -0.25) is 9.59 Å². The Balaban J connectivity index is 1.79. The Labute approximate surface area is 171 Å². The number of methoxy groups -OCH3 is 1. The van der Waals surface area contributed by atoms with Crippen molar-refractivity contribution in [3.63, 3.8) is 0 Å². The van der Waals surface area contributed by atoms with Crippen molar-refractivity contribution < 1.29 is 27.5 Å². The fourth-order valence-electron chi connectivity index (χ4n) is 3.46. The molecule has 0 bridgehead atoms. The van der Waals surface area contributed by atoms with Crippen molar-refractivity contribution in [3.8, 4) is 5.75 Å². The summed E-state index contributed by atoms with van der Waals surface area (Å²) in [6, 6.07) is 8.65. The number of carbonyl (C=O) groups is 2. The van der Waals surface area contributed by atoms with Gasteiger partial charge >= 0.3 is 6.18 Å². The zero-order valence-electron chi connectivity index (χ0n) is 15.6. The Kier molecular flexibility index (Phi) is 6.29. The highest BCUT2D eigenvalue weighted by molar-refractivity contribution is 6.30. The summed E-state index contributed by atoms with van der Waals surface area (Å²) in [7, 11) is 1.22. The second kappa shape index (κ2) is 8.55. The molecule has 29 heavy (non-hydrogen) atoms. The first-order chi connectivity index (χ1) is 13.7. The van der Waals surface area contributed by atoms with Gasteiger partial charge in [0, 0.05) is 16.5 Å². The van der Waals surface area contributed by atoms with Crippen LogP contribution in [0.4, 0.5) is 13.2 Å². The normalized spacial score (nSPS) is 19.6. The highest BCUT2D eigenvalue weighted by atomic mass is 35.5. The molecule has 8 heteroatoms. The van der Waals surface area contributed by atoms with Crippen LogP contribution in [0.15, 0.2) is 42.5 Å². The highest BCUT2D eigenvalue weighted by Gasteiger charge is 2.35. The molecule has 1 fully saturated rings. The number of ketones is 2. The molecule has 3 rings (SSSR count). The Bertz CT molecular complexity index is 912. The van der Waals surface area contributed by atoms with E-state index < -0.39 is 23.6 Å². The predicted molar refractivity (Wildman–Crippen MR) is 103 cm³/mol. The van der Waals surface area contributed by atoms with Crippen molar-refractivity contribution in [2.75, 3.05) is 13.7 Å². The van der Waals surface area contributed by atoms with Gasteiger partial charge < -0.3 is 10.1 Å². The summed E-state index contributed by atoms with van der Waals surface area (Å²) in [6.45, 7) is 0.448. The number of piperidine rings is 1. The van der Waals surface area contributed by atoms with Gasteiger partial charge in [-0.1, -0.05) is 11.6 Å². The van der Waals surface area contributed by atoms with E-state index in [1.807, 2.05) is 0 Å². The lowest BCUT2D eigenvalue weighted by atomic mass is 9.83. The van der Waals surface area contributed by atoms with Gasteiger partial charge in [-0.25, -0.2) is 0 Å². The van der Waals surface area contributed by atoms with Gasteiger partial charge in [-0.05, 0) is 61.9 Å². The average Bonchev–Trinajstić information content (AvgIpc) is 2.72. The molecule has 0 saturated carbocycles. The minimum atomic E-state index is -4.53. The monoisotopic (exact) mass is 425 g/mol. The first kappa shape index (κ1) is 21.3. The molecule has 1 N–H and O–H groups in total. The third-order valence-corrected chi connectivity index (χ3v) is 5.27. The molecule has 0 amide bonds. The lowest BCUT2D eigenvalue weighted by Crippen LogP contribution is -2.45. The van der Waals surface area contributed by atoms with E-state index in [1.165, 1.54) is 7.11 Å². The summed E-state index contributed by atoms with van der Waals surface area (Å²) in [5.74, 6) is -0.992. The molecule has 0 aromatic heterocycles. The Morgan fingerprint density at radius 1 is 1.10 bits per heavy atom. The summed E-state index contributed by atoms with van der Waals surface area (Å²) in [4.78, 5) is 25.7. The smallest absolute Gasteiger partial charge is 0.416 e. The van der Waals surface area contributed by atoms with Crippen molar-refractivity contribution in [3.05, 3.63) is 64.2 Å². The lowest BCUT2D eigenvalue weighted by Gasteiger charge is -2.29. The maximum absolute atomic E-state index is 12.9. The minimum absolute atomic E-state index is 0.0533. The molecule has 2 unspecified atom stereocenters. The number of hydrogen-bond donors (Lipinski definition) is 1. The Morgan fingerprint density at radius 3 is 2.41 bits per heavy atom. The number of alkyl halides is 3. The van der Waals surface area contributed by atoms with Crippen molar-refractivity contribution in [1.82, 2.24) is 5.32 Å². The van der Waals surface area contributed by atoms with Gasteiger partial charge in [0.15, 0.2) is 11.6 Å². The van der Waals surface area contributed by atoms with Crippen LogP contribution in [0.2, 0.25) is 5.02 Å². The summed E-state index contributed by atoms with van der Waals surface area (Å²) in [6.07, 6.45) is -3.71. The van der Waals surface area contributed by atoms with Crippen LogP contribution in [0.3, 0.4) is 0 Å². The van der Waals surface area contributed by atoms with Gasteiger partial charge in [0.05, 0.1) is 24.3 Å². The van der Waals surface area contributed by atoms with Crippen LogP contribution < -0.4 is 10.1 Å². The molecule has 1 aliphatic rings. The van der Waals surface area contributed by atoms with Crippen molar-refractivity contribution in [2.24, 2.45) is 5.92 Å². The third-order valence-electron chi connectivity index (χ3n) is 5.01. The maximum Gasteiger partial charge on any atom is 0.416 e. The maximum atomic E-state index is 12.9. The third kappa shape index (κ3) is 4.79. The number of Topliss-reactive ketones (excluding diaryl/α,β-unsaturated/α-hetero) is 2. The molecule has 4 nitrogen and oxygen atoms in total. The average molecular weight is 426 g/mol. The van der Waals surface area contributed by atoms with Crippen LogP contribution in [0.25, 0.3) is 0 Å². The highest BCUT2D eigenvalue weighted by Crippen LogP contribution is 2.34. The van der Waals surface area contributed by atoms with Crippen molar-refractivity contribution in [1.29, 1.82) is 0 Å². The van der Waals surface area contributed by atoms with E-state index in [2.05, 4.69) is 5.32 Å². The van der Waals surface area contributed by atoms with Gasteiger partial charge in [-0.15, -0.1) is 0 Å². The molecule has 154 valence electrons. The molecular weight excluding hydrogens is 407 g/mol. The second-order valence-electron chi connectivity index (χ2n) is 6.88. The molecular formula is C21H19ClF3NO3. The first-order valence-corrected chi connectivity index (χ1v) is 9.41. The largest absolute Gasteiger partial charge is 0.496 e. The van der Waals surface area contributed by atoms with Gasteiger partial charge in [0.2, 0.25) is 0 Å². The van der Waals surface area contributed by atoms with E-state index in [0.717, 1.165) is 18.2 Å². The van der Waals surface area contributed by atoms with Crippen LogP contribution in [-0.2, 0) is 6.18 Å². The second-order valence-corrected chi connectivity index (χ2v) is 7.31. The van der Waals surface area contributed by atoms with E-state index in [9.17, 15) is 22.8 Å². The van der Waals surface area contributed by atoms with E-state index in [-0.39, 0.29) is 29.4 Å². The van der Waals surface area contributed by atoms with Crippen LogP contribution in [0.1, 0.15) is 39.1 Å². The van der Waals surface area contributed by atoms with Crippen LogP contribution in [0.5, 0.6) is 5.75 Å². The van der Waals surface area contributed by atoms with Crippen molar-refractivity contribution in [2.45, 2.75) is 25.1 Å². The molecule has 2 atom stereocenters. The number of benzene rings is 2. The van der Waals surface area contributed by atoms with Crippen LogP contribution >= 0.6 is 11.6 Å². The number of carbonyl (C=O) groups excluding carboxylic acids is 2. The molecule has 0 aliphatic carbocycles. The minimum Gasteiger partial charge on any atom is -0.496 e. The SMILES string of the molecule is COc1cc(C(F)(F)F)ccc1C(=O)C1CC(C(=O)c2ccc(Cl)cc2)CCN1. The summed E-state index contributed by atoms with van der Waals surface area (Å²) in [5, 5.41) is 3.58.